The van der Waals surface area contributed by atoms with Gasteiger partial charge in [0, 0.05) is 43.6 Å². The van der Waals surface area contributed by atoms with Gasteiger partial charge in [-0.1, -0.05) is 11.6 Å². The Balaban J connectivity index is 1.58. The summed E-state index contributed by atoms with van der Waals surface area (Å²) in [6.07, 6.45) is 4.28. The van der Waals surface area contributed by atoms with Crippen LogP contribution in [0, 0.1) is 18.3 Å². The van der Waals surface area contributed by atoms with Gasteiger partial charge in [0.2, 0.25) is 10.0 Å². The maximum Gasteiger partial charge on any atom is 0.274 e. The van der Waals surface area contributed by atoms with Crippen LogP contribution in [0.2, 0.25) is 5.02 Å². The molecule has 3 aromatic rings. The van der Waals surface area contributed by atoms with E-state index in [4.69, 9.17) is 16.3 Å². The molecule has 1 saturated heterocycles. The number of benzene rings is 2. The normalized spacial score (nSPS) is 14.4. The number of sulfonamides is 1. The Labute approximate surface area is 202 Å². The predicted octanol–water partition coefficient (Wildman–Crippen LogP) is 3.25. The number of halogens is 1. The molecule has 1 fully saturated rings. The summed E-state index contributed by atoms with van der Waals surface area (Å²) in [6, 6.07) is 11.3. The number of amides is 1. The number of hydrogen-bond acceptors (Lipinski definition) is 7. The molecule has 0 atom stereocenters. The van der Waals surface area contributed by atoms with E-state index in [-0.39, 0.29) is 54.0 Å². The van der Waals surface area contributed by atoms with Gasteiger partial charge in [0.1, 0.15) is 22.1 Å². The molecule has 1 aliphatic heterocycles. The maximum absolute atomic E-state index is 13.5. The number of carbonyl (C=O) groups excluding carboxylic acids is 1. The van der Waals surface area contributed by atoms with Crippen LogP contribution in [0.4, 0.5) is 0 Å². The zero-order chi connectivity index (χ0) is 24.3. The fraction of sp³-hybridized carbons (Fsp3) is 0.217. The maximum atomic E-state index is 13.5. The molecule has 1 aromatic heterocycles. The molecule has 1 aliphatic rings. The molecule has 4 rings (SSSR count). The highest BCUT2D eigenvalue weighted by atomic mass is 35.5. The van der Waals surface area contributed by atoms with Gasteiger partial charge in [-0.3, -0.25) is 9.78 Å². The zero-order valence-corrected chi connectivity index (χ0v) is 19.8. The minimum Gasteiger partial charge on any atom is -0.456 e. The Morgan fingerprint density at radius 1 is 1.12 bits per heavy atom. The molecule has 9 nitrogen and oxygen atoms in total. The lowest BCUT2D eigenvalue weighted by molar-refractivity contribution is 0.0691. The van der Waals surface area contributed by atoms with Gasteiger partial charge in [0.05, 0.1) is 17.8 Å². The summed E-state index contributed by atoms with van der Waals surface area (Å²) in [4.78, 5) is 21.9. The van der Waals surface area contributed by atoms with Crippen molar-refractivity contribution in [3.8, 4) is 17.6 Å². The minimum atomic E-state index is -4.02. The number of hydrogen-bond donors (Lipinski definition) is 0. The van der Waals surface area contributed by atoms with E-state index in [0.29, 0.717) is 10.8 Å². The van der Waals surface area contributed by atoms with Crippen molar-refractivity contribution in [2.45, 2.75) is 11.8 Å². The van der Waals surface area contributed by atoms with Crippen LogP contribution in [-0.2, 0) is 10.0 Å². The quantitative estimate of drug-likeness (QED) is 0.531. The third-order valence-corrected chi connectivity index (χ3v) is 7.38. The van der Waals surface area contributed by atoms with Gasteiger partial charge in [0.25, 0.3) is 5.91 Å². The summed E-state index contributed by atoms with van der Waals surface area (Å²) in [5, 5.41) is 9.78. The van der Waals surface area contributed by atoms with Crippen LogP contribution in [0.15, 0.2) is 59.9 Å². The molecule has 174 valence electrons. The lowest BCUT2D eigenvalue weighted by Gasteiger charge is -2.34. The topological polar surface area (TPSA) is 116 Å². The summed E-state index contributed by atoms with van der Waals surface area (Å²) in [5.41, 5.74) is 1.24. The Hall–Kier alpha value is -3.52. The van der Waals surface area contributed by atoms with E-state index < -0.39 is 10.0 Å². The second-order valence-corrected chi connectivity index (χ2v) is 9.97. The molecule has 0 N–H and O–H groups in total. The van der Waals surface area contributed by atoms with Crippen molar-refractivity contribution in [3.63, 3.8) is 0 Å². The second kappa shape index (κ2) is 9.77. The van der Waals surface area contributed by atoms with E-state index in [0.717, 1.165) is 5.56 Å². The van der Waals surface area contributed by atoms with Crippen LogP contribution in [0.1, 0.15) is 21.6 Å². The number of nitrogens with zero attached hydrogens (tertiary/aromatic N) is 5. The first-order valence-corrected chi connectivity index (χ1v) is 12.1. The van der Waals surface area contributed by atoms with E-state index in [1.807, 2.05) is 13.0 Å². The Morgan fingerprint density at radius 2 is 1.88 bits per heavy atom. The molecule has 34 heavy (non-hydrogen) atoms. The molecular weight excluding hydrogens is 478 g/mol. The first-order chi connectivity index (χ1) is 16.3. The van der Waals surface area contributed by atoms with Gasteiger partial charge < -0.3 is 9.64 Å². The summed E-state index contributed by atoms with van der Waals surface area (Å²) in [5.74, 6) is 0.154. The lowest BCUT2D eigenvalue weighted by Crippen LogP contribution is -2.50. The minimum absolute atomic E-state index is 0.0822. The number of aryl methyl sites for hydroxylation is 1. The first kappa shape index (κ1) is 23.6. The molecule has 0 unspecified atom stereocenters. The second-order valence-electron chi connectivity index (χ2n) is 7.63. The number of piperazine rings is 1. The smallest absolute Gasteiger partial charge is 0.274 e. The summed E-state index contributed by atoms with van der Waals surface area (Å²) >= 11 is 6.11. The molecule has 0 aliphatic carbocycles. The standard InChI is InChI=1S/C23H20ClN5O4S/c1-16-10-18(24)13-19(11-16)33-21-3-2-17(14-25)12-22(21)34(31,32)29-8-6-28(7-9-29)23(30)20-15-26-4-5-27-20/h2-5,10-13,15H,6-9H2,1H3. The molecule has 1 amide bonds. The fourth-order valence-corrected chi connectivity index (χ4v) is 5.44. The zero-order valence-electron chi connectivity index (χ0n) is 18.2. The molecular formula is C23H20ClN5O4S. The Kier molecular flexibility index (Phi) is 6.79. The van der Waals surface area contributed by atoms with E-state index in [1.165, 1.54) is 46.0 Å². The van der Waals surface area contributed by atoms with Gasteiger partial charge in [-0.25, -0.2) is 13.4 Å². The largest absolute Gasteiger partial charge is 0.456 e. The van der Waals surface area contributed by atoms with Crippen molar-refractivity contribution < 1.29 is 17.9 Å². The van der Waals surface area contributed by atoms with Crippen molar-refractivity contribution in [3.05, 3.63) is 76.8 Å². The van der Waals surface area contributed by atoms with Crippen LogP contribution >= 0.6 is 11.6 Å². The van der Waals surface area contributed by atoms with Crippen molar-refractivity contribution in [1.29, 1.82) is 5.26 Å². The van der Waals surface area contributed by atoms with Crippen molar-refractivity contribution in [2.24, 2.45) is 0 Å². The van der Waals surface area contributed by atoms with E-state index in [9.17, 15) is 18.5 Å². The van der Waals surface area contributed by atoms with E-state index >= 15 is 0 Å². The fourth-order valence-electron chi connectivity index (χ4n) is 3.59. The monoisotopic (exact) mass is 497 g/mol. The highest BCUT2D eigenvalue weighted by Gasteiger charge is 2.33. The van der Waals surface area contributed by atoms with Crippen molar-refractivity contribution in [2.75, 3.05) is 26.2 Å². The first-order valence-electron chi connectivity index (χ1n) is 10.3. The molecule has 2 aromatic carbocycles. The van der Waals surface area contributed by atoms with Gasteiger partial charge >= 0.3 is 0 Å². The highest BCUT2D eigenvalue weighted by molar-refractivity contribution is 7.89. The van der Waals surface area contributed by atoms with Gasteiger partial charge in [-0.2, -0.15) is 9.57 Å². The summed E-state index contributed by atoms with van der Waals surface area (Å²) in [7, 11) is -4.02. The summed E-state index contributed by atoms with van der Waals surface area (Å²) in [6.45, 7) is 2.39. The number of ether oxygens (including phenoxy) is 1. The SMILES string of the molecule is Cc1cc(Cl)cc(Oc2ccc(C#N)cc2S(=O)(=O)N2CCN(C(=O)c3cnccn3)CC2)c1. The number of carbonyl (C=O) groups is 1. The van der Waals surface area contributed by atoms with Crippen LogP contribution in [0.3, 0.4) is 0 Å². The number of rotatable bonds is 5. The van der Waals surface area contributed by atoms with E-state index in [1.54, 1.807) is 18.2 Å². The number of aromatic nitrogens is 2. The van der Waals surface area contributed by atoms with Gasteiger partial charge in [-0.15, -0.1) is 0 Å². The van der Waals surface area contributed by atoms with Crippen molar-refractivity contribution in [1.82, 2.24) is 19.2 Å². The molecule has 0 radical (unpaired) electrons. The van der Waals surface area contributed by atoms with Crippen molar-refractivity contribution >= 4 is 27.5 Å². The Morgan fingerprint density at radius 3 is 2.53 bits per heavy atom. The van der Waals surface area contributed by atoms with Crippen LogP contribution < -0.4 is 4.74 Å². The highest BCUT2D eigenvalue weighted by Crippen LogP contribution is 2.33. The molecule has 0 bridgehead atoms. The third-order valence-electron chi connectivity index (χ3n) is 5.24. The number of nitriles is 1. The van der Waals surface area contributed by atoms with Gasteiger partial charge in [0.15, 0.2) is 0 Å². The van der Waals surface area contributed by atoms with Gasteiger partial charge in [-0.05, 0) is 48.9 Å². The molecule has 11 heteroatoms. The average molecular weight is 498 g/mol. The van der Waals surface area contributed by atoms with E-state index in [2.05, 4.69) is 9.97 Å². The Bertz CT molecular complexity index is 1350. The lowest BCUT2D eigenvalue weighted by atomic mass is 10.2. The van der Waals surface area contributed by atoms with Crippen LogP contribution in [0.5, 0.6) is 11.5 Å². The molecule has 2 heterocycles. The molecule has 0 saturated carbocycles. The third kappa shape index (κ3) is 5.02. The predicted molar refractivity (Wildman–Crippen MR) is 124 cm³/mol. The average Bonchev–Trinajstić information content (AvgIpc) is 2.83. The van der Waals surface area contributed by atoms with Crippen LogP contribution in [0.25, 0.3) is 0 Å². The summed E-state index contributed by atoms with van der Waals surface area (Å²) < 4.78 is 34.2. The van der Waals surface area contributed by atoms with Crippen LogP contribution in [-0.4, -0.2) is 59.7 Å². The molecule has 0 spiro atoms.